The maximum absolute atomic E-state index is 13.0. The Morgan fingerprint density at radius 3 is 2.59 bits per heavy atom. The van der Waals surface area contributed by atoms with Crippen LogP contribution < -0.4 is 5.32 Å². The Morgan fingerprint density at radius 2 is 1.94 bits per heavy atom. The van der Waals surface area contributed by atoms with Gasteiger partial charge in [0.15, 0.2) is 0 Å². The highest BCUT2D eigenvalue weighted by molar-refractivity contribution is 6.31. The second-order valence-electron chi connectivity index (χ2n) is 5.37. The fraction of sp³-hybridized carbons (Fsp3) is 0.571. The molecular formula is C14H21ClFN. The maximum Gasteiger partial charge on any atom is 0.123 e. The van der Waals surface area contributed by atoms with Gasteiger partial charge >= 0.3 is 0 Å². The van der Waals surface area contributed by atoms with Gasteiger partial charge in [-0.15, -0.1) is 0 Å². The third-order valence-electron chi connectivity index (χ3n) is 2.54. The number of benzene rings is 1. The number of rotatable bonds is 5. The third-order valence-corrected chi connectivity index (χ3v) is 2.90. The van der Waals surface area contributed by atoms with Crippen molar-refractivity contribution >= 4 is 11.6 Å². The zero-order chi connectivity index (χ0) is 12.9. The van der Waals surface area contributed by atoms with Gasteiger partial charge in [-0.2, -0.15) is 0 Å². The van der Waals surface area contributed by atoms with E-state index < -0.39 is 0 Å². The largest absolute Gasteiger partial charge is 0.312 e. The van der Waals surface area contributed by atoms with Crippen molar-refractivity contribution in [1.82, 2.24) is 5.32 Å². The quantitative estimate of drug-likeness (QED) is 0.780. The Labute approximate surface area is 108 Å². The molecule has 3 heteroatoms. The van der Waals surface area contributed by atoms with Gasteiger partial charge in [-0.1, -0.05) is 11.6 Å². The molecule has 0 aliphatic carbocycles. The summed E-state index contributed by atoms with van der Waals surface area (Å²) in [6.45, 7) is 7.43. The maximum atomic E-state index is 13.0. The molecule has 1 nitrogen and oxygen atoms in total. The van der Waals surface area contributed by atoms with E-state index in [0.29, 0.717) is 5.02 Å². The number of hydrogen-bond acceptors (Lipinski definition) is 1. The predicted molar refractivity (Wildman–Crippen MR) is 72.1 cm³/mol. The molecule has 1 aromatic carbocycles. The standard InChI is InChI=1S/C14H21ClFN/c1-14(2,3)17-9-5-4-6-11-10-12(16)7-8-13(11)15/h7-8,10,17H,4-6,9H2,1-3H3. The summed E-state index contributed by atoms with van der Waals surface area (Å²) in [6, 6.07) is 4.55. The molecule has 17 heavy (non-hydrogen) atoms. The van der Waals surface area contributed by atoms with Crippen LogP contribution in [0.3, 0.4) is 0 Å². The van der Waals surface area contributed by atoms with Crippen LogP contribution in [0.1, 0.15) is 39.2 Å². The third kappa shape index (κ3) is 6.04. The van der Waals surface area contributed by atoms with Crippen molar-refractivity contribution in [2.24, 2.45) is 0 Å². The first kappa shape index (κ1) is 14.5. The summed E-state index contributed by atoms with van der Waals surface area (Å²) in [6.07, 6.45) is 2.93. The first-order chi connectivity index (χ1) is 7.88. The van der Waals surface area contributed by atoms with Crippen LogP contribution in [-0.2, 0) is 6.42 Å². The molecule has 0 aromatic heterocycles. The van der Waals surface area contributed by atoms with E-state index in [1.54, 1.807) is 6.07 Å². The molecule has 0 amide bonds. The summed E-state index contributed by atoms with van der Waals surface area (Å²) in [4.78, 5) is 0. The van der Waals surface area contributed by atoms with Crippen LogP contribution in [0.5, 0.6) is 0 Å². The summed E-state index contributed by atoms with van der Waals surface area (Å²) in [7, 11) is 0. The number of aryl methyl sites for hydroxylation is 1. The van der Waals surface area contributed by atoms with Crippen LogP contribution in [-0.4, -0.2) is 12.1 Å². The molecule has 0 aliphatic rings. The minimum absolute atomic E-state index is 0.163. The molecule has 0 atom stereocenters. The highest BCUT2D eigenvalue weighted by atomic mass is 35.5. The number of nitrogens with one attached hydrogen (secondary N) is 1. The molecule has 0 radical (unpaired) electrons. The lowest BCUT2D eigenvalue weighted by molar-refractivity contribution is 0.419. The highest BCUT2D eigenvalue weighted by Crippen LogP contribution is 2.19. The van der Waals surface area contributed by atoms with Gasteiger partial charge in [0.05, 0.1) is 0 Å². The van der Waals surface area contributed by atoms with Crippen molar-refractivity contribution in [3.05, 3.63) is 34.6 Å². The number of unbranched alkanes of at least 4 members (excludes halogenated alkanes) is 1. The van der Waals surface area contributed by atoms with Crippen LogP contribution in [0.4, 0.5) is 4.39 Å². The van der Waals surface area contributed by atoms with Crippen molar-refractivity contribution in [2.45, 2.75) is 45.6 Å². The van der Waals surface area contributed by atoms with Gasteiger partial charge in [-0.05, 0) is 70.3 Å². The van der Waals surface area contributed by atoms with E-state index in [4.69, 9.17) is 11.6 Å². The van der Waals surface area contributed by atoms with E-state index in [1.807, 2.05) is 0 Å². The smallest absolute Gasteiger partial charge is 0.123 e. The first-order valence-electron chi connectivity index (χ1n) is 6.07. The van der Waals surface area contributed by atoms with Crippen LogP contribution in [0.2, 0.25) is 5.02 Å². The predicted octanol–water partition coefficient (Wildman–Crippen LogP) is 4.19. The van der Waals surface area contributed by atoms with E-state index in [2.05, 4.69) is 26.1 Å². The van der Waals surface area contributed by atoms with Gasteiger partial charge in [0, 0.05) is 10.6 Å². The minimum atomic E-state index is -0.211. The zero-order valence-corrected chi connectivity index (χ0v) is 11.6. The molecule has 0 spiro atoms. The Bertz CT molecular complexity index is 358. The number of halogens is 2. The summed E-state index contributed by atoms with van der Waals surface area (Å²) in [5.74, 6) is -0.211. The average molecular weight is 258 g/mol. The van der Waals surface area contributed by atoms with E-state index >= 15 is 0 Å². The summed E-state index contributed by atoms with van der Waals surface area (Å²) < 4.78 is 13.0. The lowest BCUT2D eigenvalue weighted by Gasteiger charge is -2.20. The average Bonchev–Trinajstić information content (AvgIpc) is 2.21. The van der Waals surface area contributed by atoms with Crippen LogP contribution in [0.15, 0.2) is 18.2 Å². The molecule has 1 aromatic rings. The molecule has 0 bridgehead atoms. The molecule has 0 saturated heterocycles. The Hall–Kier alpha value is -0.600. The van der Waals surface area contributed by atoms with Gasteiger partial charge in [0.2, 0.25) is 0 Å². The Balaban J connectivity index is 2.29. The van der Waals surface area contributed by atoms with Crippen LogP contribution in [0, 0.1) is 5.82 Å². The van der Waals surface area contributed by atoms with Crippen molar-refractivity contribution in [3.63, 3.8) is 0 Å². The summed E-state index contributed by atoms with van der Waals surface area (Å²) in [5.41, 5.74) is 1.07. The molecule has 0 unspecified atom stereocenters. The van der Waals surface area contributed by atoms with Gasteiger partial charge in [0.1, 0.15) is 5.82 Å². The molecule has 1 rings (SSSR count). The van der Waals surface area contributed by atoms with E-state index in [1.165, 1.54) is 12.1 Å². The van der Waals surface area contributed by atoms with Gasteiger partial charge in [-0.3, -0.25) is 0 Å². The summed E-state index contributed by atoms with van der Waals surface area (Å²) >= 11 is 6.00. The molecule has 96 valence electrons. The fourth-order valence-corrected chi connectivity index (χ4v) is 1.85. The number of hydrogen-bond donors (Lipinski definition) is 1. The lowest BCUT2D eigenvalue weighted by atomic mass is 10.1. The second kappa shape index (κ2) is 6.36. The van der Waals surface area contributed by atoms with Gasteiger partial charge in [-0.25, -0.2) is 4.39 Å². The molecule has 0 aliphatic heterocycles. The Morgan fingerprint density at radius 1 is 1.24 bits per heavy atom. The highest BCUT2D eigenvalue weighted by Gasteiger charge is 2.07. The minimum Gasteiger partial charge on any atom is -0.312 e. The van der Waals surface area contributed by atoms with E-state index in [9.17, 15) is 4.39 Å². The normalized spacial score (nSPS) is 11.8. The van der Waals surface area contributed by atoms with Crippen molar-refractivity contribution in [3.8, 4) is 0 Å². The van der Waals surface area contributed by atoms with E-state index in [-0.39, 0.29) is 11.4 Å². The van der Waals surface area contributed by atoms with Crippen molar-refractivity contribution in [2.75, 3.05) is 6.54 Å². The molecule has 0 saturated carbocycles. The SMILES string of the molecule is CC(C)(C)NCCCCc1cc(F)ccc1Cl. The molecule has 1 N–H and O–H groups in total. The topological polar surface area (TPSA) is 12.0 Å². The first-order valence-corrected chi connectivity index (χ1v) is 6.45. The lowest BCUT2D eigenvalue weighted by Crippen LogP contribution is -2.36. The van der Waals surface area contributed by atoms with Crippen molar-refractivity contribution in [1.29, 1.82) is 0 Å². The summed E-state index contributed by atoms with van der Waals surface area (Å²) in [5, 5.41) is 4.09. The molecule has 0 fully saturated rings. The van der Waals surface area contributed by atoms with Gasteiger partial charge < -0.3 is 5.32 Å². The monoisotopic (exact) mass is 257 g/mol. The zero-order valence-electron chi connectivity index (χ0n) is 10.8. The molecular weight excluding hydrogens is 237 g/mol. The molecule has 0 heterocycles. The second-order valence-corrected chi connectivity index (χ2v) is 5.78. The van der Waals surface area contributed by atoms with Crippen LogP contribution >= 0.6 is 11.6 Å². The van der Waals surface area contributed by atoms with Crippen molar-refractivity contribution < 1.29 is 4.39 Å². The Kier molecular flexibility index (Phi) is 5.41. The van der Waals surface area contributed by atoms with E-state index in [0.717, 1.165) is 31.4 Å². The van der Waals surface area contributed by atoms with Crippen LogP contribution in [0.25, 0.3) is 0 Å². The van der Waals surface area contributed by atoms with Gasteiger partial charge in [0.25, 0.3) is 0 Å². The fourth-order valence-electron chi connectivity index (χ4n) is 1.64.